The van der Waals surface area contributed by atoms with Gasteiger partial charge in [0, 0.05) is 17.6 Å². The van der Waals surface area contributed by atoms with Crippen molar-refractivity contribution < 1.29 is 9.53 Å². The molecule has 0 aliphatic carbocycles. The molecule has 1 aliphatic rings. The van der Waals surface area contributed by atoms with Crippen molar-refractivity contribution in [2.24, 2.45) is 4.99 Å². The molecule has 0 fully saturated rings. The average molecular weight is 310 g/mol. The Hall–Kier alpha value is -3.02. The van der Waals surface area contributed by atoms with Crippen LogP contribution >= 0.6 is 0 Å². The summed E-state index contributed by atoms with van der Waals surface area (Å²) in [6, 6.07) is 12.8. The van der Waals surface area contributed by atoms with Gasteiger partial charge in [0.15, 0.2) is 0 Å². The number of carbonyl (C=O) groups excluding carboxylic acids is 1. The summed E-state index contributed by atoms with van der Waals surface area (Å²) in [7, 11) is 1.52. The number of hydrogen-bond donors (Lipinski definition) is 2. The fourth-order valence-electron chi connectivity index (χ4n) is 2.43. The number of methoxy groups -OCH3 is 1. The van der Waals surface area contributed by atoms with E-state index in [0.29, 0.717) is 29.4 Å². The summed E-state index contributed by atoms with van der Waals surface area (Å²) >= 11 is 0. The van der Waals surface area contributed by atoms with Crippen molar-refractivity contribution >= 4 is 29.2 Å². The van der Waals surface area contributed by atoms with E-state index < -0.39 is 0 Å². The van der Waals surface area contributed by atoms with Gasteiger partial charge in [0.05, 0.1) is 24.9 Å². The molecule has 118 valence electrons. The van der Waals surface area contributed by atoms with E-state index in [2.05, 4.69) is 15.2 Å². The zero-order valence-electron chi connectivity index (χ0n) is 12.8. The first kappa shape index (κ1) is 14.9. The molecule has 0 spiro atoms. The van der Waals surface area contributed by atoms with Gasteiger partial charge in [-0.05, 0) is 36.4 Å². The third-order valence-corrected chi connectivity index (χ3v) is 3.70. The second-order valence-electron chi connectivity index (χ2n) is 5.15. The van der Waals surface area contributed by atoms with E-state index in [1.54, 1.807) is 18.2 Å². The quantitative estimate of drug-likeness (QED) is 0.850. The number of benzene rings is 2. The van der Waals surface area contributed by atoms with Crippen LogP contribution in [0.5, 0.6) is 5.75 Å². The molecule has 3 rings (SSSR count). The number of nitrogens with one attached hydrogen (secondary N) is 1. The summed E-state index contributed by atoms with van der Waals surface area (Å²) in [6.45, 7) is 1.48. The number of anilines is 3. The van der Waals surface area contributed by atoms with Crippen molar-refractivity contribution in [3.05, 3.63) is 48.0 Å². The molecule has 1 heterocycles. The van der Waals surface area contributed by atoms with Gasteiger partial charge < -0.3 is 20.7 Å². The maximum atomic E-state index is 12.4. The van der Waals surface area contributed by atoms with Crippen molar-refractivity contribution in [2.75, 3.05) is 36.3 Å². The average Bonchev–Trinajstić information content (AvgIpc) is 3.10. The highest BCUT2D eigenvalue weighted by Crippen LogP contribution is 2.26. The minimum absolute atomic E-state index is 0.265. The zero-order valence-corrected chi connectivity index (χ0v) is 12.8. The van der Waals surface area contributed by atoms with Crippen molar-refractivity contribution in [3.8, 4) is 5.75 Å². The van der Waals surface area contributed by atoms with Gasteiger partial charge in [-0.2, -0.15) is 0 Å². The van der Waals surface area contributed by atoms with Gasteiger partial charge >= 0.3 is 0 Å². The molecular formula is C17H18N4O2. The third-order valence-electron chi connectivity index (χ3n) is 3.70. The lowest BCUT2D eigenvalue weighted by Crippen LogP contribution is -2.19. The molecule has 23 heavy (non-hydrogen) atoms. The first-order valence-corrected chi connectivity index (χ1v) is 7.26. The number of nitrogen functional groups attached to an aromatic ring is 1. The van der Waals surface area contributed by atoms with Crippen LogP contribution in [0.2, 0.25) is 0 Å². The summed E-state index contributed by atoms with van der Waals surface area (Å²) in [6.07, 6.45) is 1.89. The molecular weight excluding hydrogens is 292 g/mol. The molecule has 0 radical (unpaired) electrons. The predicted molar refractivity (Wildman–Crippen MR) is 92.5 cm³/mol. The molecule has 0 saturated heterocycles. The first-order valence-electron chi connectivity index (χ1n) is 7.26. The minimum atomic E-state index is -0.265. The van der Waals surface area contributed by atoms with E-state index in [-0.39, 0.29) is 5.91 Å². The summed E-state index contributed by atoms with van der Waals surface area (Å²) in [5.41, 5.74) is 8.45. The third kappa shape index (κ3) is 3.11. The van der Waals surface area contributed by atoms with E-state index in [4.69, 9.17) is 10.5 Å². The van der Waals surface area contributed by atoms with E-state index in [0.717, 1.165) is 12.2 Å². The van der Waals surface area contributed by atoms with Gasteiger partial charge in [-0.15, -0.1) is 0 Å². The number of ether oxygens (including phenoxy) is 1. The summed E-state index contributed by atoms with van der Waals surface area (Å²) in [5.74, 6) is 0.223. The van der Waals surface area contributed by atoms with Gasteiger partial charge in [0.1, 0.15) is 12.4 Å². The van der Waals surface area contributed by atoms with Crippen LogP contribution in [0.3, 0.4) is 0 Å². The van der Waals surface area contributed by atoms with Crippen molar-refractivity contribution in [3.63, 3.8) is 0 Å². The van der Waals surface area contributed by atoms with Crippen molar-refractivity contribution in [2.45, 2.75) is 0 Å². The van der Waals surface area contributed by atoms with Gasteiger partial charge in [0.2, 0.25) is 0 Å². The Bertz CT molecular complexity index is 733. The Kier molecular flexibility index (Phi) is 4.14. The second-order valence-corrected chi connectivity index (χ2v) is 5.15. The maximum absolute atomic E-state index is 12.4. The minimum Gasteiger partial charge on any atom is -0.495 e. The molecule has 0 aromatic heterocycles. The Morgan fingerprint density at radius 3 is 2.70 bits per heavy atom. The van der Waals surface area contributed by atoms with E-state index in [9.17, 15) is 4.79 Å². The lowest BCUT2D eigenvalue weighted by Gasteiger charge is -2.16. The van der Waals surface area contributed by atoms with Gasteiger partial charge in [-0.1, -0.05) is 6.07 Å². The SMILES string of the molecule is COc1cccc(C(=O)Nc2ccc(N3CC=NC3)cc2)c1N. The van der Waals surface area contributed by atoms with Crippen LogP contribution in [-0.4, -0.2) is 32.4 Å². The van der Waals surface area contributed by atoms with Crippen LogP contribution in [0.15, 0.2) is 47.5 Å². The lowest BCUT2D eigenvalue weighted by atomic mass is 10.1. The fourth-order valence-corrected chi connectivity index (χ4v) is 2.43. The van der Waals surface area contributed by atoms with Gasteiger partial charge in [-0.3, -0.25) is 9.79 Å². The second kappa shape index (κ2) is 6.39. The normalized spacial score (nSPS) is 13.2. The van der Waals surface area contributed by atoms with Gasteiger partial charge in [-0.25, -0.2) is 0 Å². The Balaban J connectivity index is 1.73. The highest BCUT2D eigenvalue weighted by molar-refractivity contribution is 6.08. The first-order chi connectivity index (χ1) is 11.2. The summed E-state index contributed by atoms with van der Waals surface area (Å²) < 4.78 is 5.14. The van der Waals surface area contributed by atoms with E-state index in [1.807, 2.05) is 30.5 Å². The number of nitrogens with two attached hydrogens (primary N) is 1. The fraction of sp³-hybridized carbons (Fsp3) is 0.176. The number of para-hydroxylation sites is 1. The van der Waals surface area contributed by atoms with Crippen LogP contribution < -0.4 is 20.7 Å². The lowest BCUT2D eigenvalue weighted by molar-refractivity contribution is 0.102. The highest BCUT2D eigenvalue weighted by Gasteiger charge is 2.14. The number of amides is 1. The standard InChI is InChI=1S/C17H18N4O2/c1-23-15-4-2-3-14(16(15)18)17(22)20-12-5-7-13(8-6-12)21-10-9-19-11-21/h2-9H,10-11,18H2,1H3,(H,20,22). The van der Waals surface area contributed by atoms with E-state index >= 15 is 0 Å². The smallest absolute Gasteiger partial charge is 0.257 e. The molecule has 3 N–H and O–H groups in total. The molecule has 1 aliphatic heterocycles. The largest absolute Gasteiger partial charge is 0.495 e. The highest BCUT2D eigenvalue weighted by atomic mass is 16.5. The van der Waals surface area contributed by atoms with Gasteiger partial charge in [0.25, 0.3) is 5.91 Å². The molecule has 0 atom stereocenters. The van der Waals surface area contributed by atoms with Crippen LogP contribution in [0.25, 0.3) is 0 Å². The zero-order chi connectivity index (χ0) is 16.2. The molecule has 0 saturated carbocycles. The number of aliphatic imine (C=N–C) groups is 1. The molecule has 6 nitrogen and oxygen atoms in total. The van der Waals surface area contributed by atoms with Crippen LogP contribution in [0.1, 0.15) is 10.4 Å². The Labute approximate surface area is 134 Å². The molecule has 6 heteroatoms. The monoisotopic (exact) mass is 310 g/mol. The number of hydrogen-bond acceptors (Lipinski definition) is 5. The van der Waals surface area contributed by atoms with Crippen LogP contribution in [0, 0.1) is 0 Å². The maximum Gasteiger partial charge on any atom is 0.257 e. The van der Waals surface area contributed by atoms with Crippen LogP contribution in [-0.2, 0) is 0 Å². The van der Waals surface area contributed by atoms with E-state index in [1.165, 1.54) is 7.11 Å². The summed E-state index contributed by atoms with van der Waals surface area (Å²) in [5, 5.41) is 2.84. The molecule has 2 aromatic carbocycles. The molecule has 1 amide bonds. The topological polar surface area (TPSA) is 80.0 Å². The number of carbonyl (C=O) groups is 1. The van der Waals surface area contributed by atoms with Crippen molar-refractivity contribution in [1.29, 1.82) is 0 Å². The number of rotatable bonds is 4. The Morgan fingerprint density at radius 2 is 2.04 bits per heavy atom. The van der Waals surface area contributed by atoms with Crippen molar-refractivity contribution in [1.82, 2.24) is 0 Å². The molecule has 2 aromatic rings. The van der Waals surface area contributed by atoms with Crippen LogP contribution in [0.4, 0.5) is 17.1 Å². The Morgan fingerprint density at radius 1 is 1.26 bits per heavy atom. The number of nitrogens with zero attached hydrogens (tertiary/aromatic N) is 2. The molecule has 0 unspecified atom stereocenters. The summed E-state index contributed by atoms with van der Waals surface area (Å²) in [4.78, 5) is 18.7. The molecule has 0 bridgehead atoms. The predicted octanol–water partition coefficient (Wildman–Crippen LogP) is 2.38.